The van der Waals surface area contributed by atoms with Crippen molar-refractivity contribution in [1.82, 2.24) is 30.2 Å². The van der Waals surface area contributed by atoms with Gasteiger partial charge in [-0.2, -0.15) is 0 Å². The first-order chi connectivity index (χ1) is 23.7. The van der Waals surface area contributed by atoms with Crippen molar-refractivity contribution in [2.24, 2.45) is 0 Å². The van der Waals surface area contributed by atoms with E-state index in [9.17, 15) is 52.7 Å². The fourth-order valence-corrected chi connectivity index (χ4v) is 5.40. The normalized spacial score (nSPS) is 18.7. The van der Waals surface area contributed by atoms with E-state index in [0.717, 1.165) is 68.2 Å². The van der Waals surface area contributed by atoms with Gasteiger partial charge in [0.05, 0.1) is 31.3 Å². The maximum atomic E-state index is 12.8. The highest BCUT2D eigenvalue weighted by atomic mass is 16.5. The number of carbonyl (C=O) groups excluding carboxylic acids is 10. The zero-order chi connectivity index (χ0) is 36.5. The summed E-state index contributed by atoms with van der Waals surface area (Å²) in [6, 6.07) is -2.05. The third kappa shape index (κ3) is 9.28. The van der Waals surface area contributed by atoms with Gasteiger partial charge in [0.25, 0.3) is 47.3 Å². The molecule has 0 spiro atoms. The number of carbonyl (C=O) groups is 11. The summed E-state index contributed by atoms with van der Waals surface area (Å²) in [5.41, 5.74) is 0. The standard InChI is InChI=1S/C31H32N6O13/c38-21(3-1-18(36-27(44)9-10-28(36)45)15-34-23(40)5-6-24(34)41)32-13-20(50-17-31(48)49)14-33-22(39)4-2-19(37-29(46)11-12-30(37)47)16-35-25(42)7-8-26(35)43/h5-12,18-20H,1-4,13-17H2,(H,32,38)(H,33,39)(H,48,49). The number of imide groups is 4. The zero-order valence-corrected chi connectivity index (χ0v) is 26.3. The van der Waals surface area contributed by atoms with Crippen molar-refractivity contribution in [1.29, 1.82) is 0 Å². The molecule has 2 atom stereocenters. The van der Waals surface area contributed by atoms with Crippen LogP contribution in [0.3, 0.4) is 0 Å². The molecule has 19 heteroatoms. The van der Waals surface area contributed by atoms with Crippen LogP contribution in [0.5, 0.6) is 0 Å². The van der Waals surface area contributed by atoms with Crippen LogP contribution in [0.1, 0.15) is 25.7 Å². The molecular formula is C31H32N6O13. The van der Waals surface area contributed by atoms with Crippen LogP contribution in [-0.4, -0.2) is 141 Å². The smallest absolute Gasteiger partial charge is 0.329 e. The van der Waals surface area contributed by atoms with E-state index in [1.165, 1.54) is 0 Å². The predicted octanol–water partition coefficient (Wildman–Crippen LogP) is -3.31. The second-order valence-corrected chi connectivity index (χ2v) is 11.3. The average molecular weight is 697 g/mol. The monoisotopic (exact) mass is 696 g/mol. The summed E-state index contributed by atoms with van der Waals surface area (Å²) < 4.78 is 5.28. The van der Waals surface area contributed by atoms with Gasteiger partial charge in [0.2, 0.25) is 11.8 Å². The Balaban J connectivity index is 1.30. The van der Waals surface area contributed by atoms with Gasteiger partial charge in [-0.15, -0.1) is 0 Å². The van der Waals surface area contributed by atoms with Crippen LogP contribution in [0.2, 0.25) is 0 Å². The van der Waals surface area contributed by atoms with Gasteiger partial charge in [0.1, 0.15) is 6.61 Å². The lowest BCUT2D eigenvalue weighted by molar-refractivity contribution is -0.145. The van der Waals surface area contributed by atoms with Crippen molar-refractivity contribution in [2.75, 3.05) is 32.8 Å². The van der Waals surface area contributed by atoms with Crippen LogP contribution in [0.4, 0.5) is 0 Å². The Morgan fingerprint density at radius 3 is 1.20 bits per heavy atom. The number of hydrogen-bond acceptors (Lipinski definition) is 12. The summed E-state index contributed by atoms with van der Waals surface area (Å²) in [5.74, 6) is -7.85. The third-order valence-electron chi connectivity index (χ3n) is 7.91. The van der Waals surface area contributed by atoms with Gasteiger partial charge < -0.3 is 20.5 Å². The van der Waals surface area contributed by atoms with Gasteiger partial charge in [0.15, 0.2) is 0 Å². The molecule has 3 N–H and O–H groups in total. The van der Waals surface area contributed by atoms with Crippen molar-refractivity contribution >= 4 is 65.0 Å². The number of nitrogens with zero attached hydrogens (tertiary/aromatic N) is 4. The number of ether oxygens (including phenoxy) is 1. The lowest BCUT2D eigenvalue weighted by Crippen LogP contribution is -2.49. The van der Waals surface area contributed by atoms with Crippen molar-refractivity contribution in [3.8, 4) is 0 Å². The van der Waals surface area contributed by atoms with E-state index >= 15 is 0 Å². The number of nitrogens with one attached hydrogen (secondary N) is 2. The van der Waals surface area contributed by atoms with E-state index in [0.29, 0.717) is 0 Å². The van der Waals surface area contributed by atoms with E-state index in [-0.39, 0.29) is 51.9 Å². The Kier molecular flexibility index (Phi) is 12.0. The molecule has 0 aromatic heterocycles. The van der Waals surface area contributed by atoms with E-state index in [2.05, 4.69) is 10.6 Å². The molecular weight excluding hydrogens is 664 g/mol. The summed E-state index contributed by atoms with van der Waals surface area (Å²) in [6.07, 6.45) is 6.34. The van der Waals surface area contributed by atoms with Gasteiger partial charge in [-0.3, -0.25) is 67.5 Å². The van der Waals surface area contributed by atoms with Crippen LogP contribution >= 0.6 is 0 Å². The number of aliphatic carboxylic acids is 1. The fourth-order valence-electron chi connectivity index (χ4n) is 5.40. The van der Waals surface area contributed by atoms with Crippen LogP contribution < -0.4 is 10.6 Å². The Morgan fingerprint density at radius 2 is 0.880 bits per heavy atom. The van der Waals surface area contributed by atoms with Gasteiger partial charge in [0, 0.05) is 74.5 Å². The fraction of sp³-hybridized carbons (Fsp3) is 0.387. The SMILES string of the molecule is O=C(O)COC(CNC(=O)CCC(CN1C(=O)C=CC1=O)N1C(=O)C=CC1=O)CNC(=O)CCC(CN1C(=O)C=CC1=O)N1C(=O)C=CC1=O. The van der Waals surface area contributed by atoms with Crippen molar-refractivity contribution < 1.29 is 62.6 Å². The molecule has 0 aromatic carbocycles. The molecule has 0 fully saturated rings. The highest BCUT2D eigenvalue weighted by Crippen LogP contribution is 2.19. The molecule has 4 heterocycles. The first kappa shape index (κ1) is 36.7. The quantitative estimate of drug-likeness (QED) is 0.112. The Morgan fingerprint density at radius 1 is 0.560 bits per heavy atom. The molecule has 264 valence electrons. The highest BCUT2D eigenvalue weighted by molar-refractivity contribution is 6.15. The van der Waals surface area contributed by atoms with Gasteiger partial charge in [-0.25, -0.2) is 4.79 Å². The van der Waals surface area contributed by atoms with Gasteiger partial charge in [-0.05, 0) is 12.8 Å². The minimum Gasteiger partial charge on any atom is -0.480 e. The first-order valence-electron chi connectivity index (χ1n) is 15.3. The summed E-state index contributed by atoms with van der Waals surface area (Å²) in [5, 5.41) is 14.1. The molecule has 0 aromatic rings. The largest absolute Gasteiger partial charge is 0.480 e. The van der Waals surface area contributed by atoms with Crippen molar-refractivity contribution in [3.63, 3.8) is 0 Å². The minimum atomic E-state index is -1.33. The molecule has 0 radical (unpaired) electrons. The topological polar surface area (TPSA) is 254 Å². The molecule has 4 rings (SSSR count). The second kappa shape index (κ2) is 16.3. The first-order valence-corrected chi connectivity index (χ1v) is 15.3. The number of amides is 10. The van der Waals surface area contributed by atoms with E-state index < -0.39 is 89.8 Å². The van der Waals surface area contributed by atoms with Crippen LogP contribution in [0.15, 0.2) is 48.6 Å². The predicted molar refractivity (Wildman–Crippen MR) is 163 cm³/mol. The molecule has 4 aliphatic heterocycles. The van der Waals surface area contributed by atoms with Gasteiger partial charge in [-0.1, -0.05) is 0 Å². The summed E-state index contributed by atoms with van der Waals surface area (Å²) >= 11 is 0. The van der Waals surface area contributed by atoms with Crippen molar-refractivity contribution in [3.05, 3.63) is 48.6 Å². The number of carboxylic acid groups (broad SMARTS) is 1. The molecule has 2 unspecified atom stereocenters. The maximum Gasteiger partial charge on any atom is 0.329 e. The molecule has 19 nitrogen and oxygen atoms in total. The summed E-state index contributed by atoms with van der Waals surface area (Å²) in [6.45, 7) is -2.04. The third-order valence-corrected chi connectivity index (χ3v) is 7.91. The molecule has 0 bridgehead atoms. The Hall–Kier alpha value is -6.11. The molecule has 0 saturated heterocycles. The maximum absolute atomic E-state index is 12.8. The summed E-state index contributed by atoms with van der Waals surface area (Å²) in [7, 11) is 0. The number of rotatable bonds is 19. The lowest BCUT2D eigenvalue weighted by Gasteiger charge is -2.29. The highest BCUT2D eigenvalue weighted by Gasteiger charge is 2.37. The minimum absolute atomic E-state index is 0.136. The van der Waals surface area contributed by atoms with Gasteiger partial charge >= 0.3 is 5.97 Å². The van der Waals surface area contributed by atoms with Crippen LogP contribution in [0.25, 0.3) is 0 Å². The molecule has 4 aliphatic rings. The average Bonchev–Trinajstić information content (AvgIpc) is 3.79. The Labute approximate surface area is 283 Å². The van der Waals surface area contributed by atoms with Crippen LogP contribution in [0, 0.1) is 0 Å². The molecule has 0 saturated carbocycles. The van der Waals surface area contributed by atoms with E-state index in [4.69, 9.17) is 9.84 Å². The van der Waals surface area contributed by atoms with E-state index in [1.54, 1.807) is 0 Å². The lowest BCUT2D eigenvalue weighted by atomic mass is 10.1. The summed E-state index contributed by atoms with van der Waals surface area (Å²) in [4.78, 5) is 138. The molecule has 0 aliphatic carbocycles. The zero-order valence-electron chi connectivity index (χ0n) is 26.3. The molecule has 10 amide bonds. The number of carboxylic acids is 1. The van der Waals surface area contributed by atoms with E-state index in [1.807, 2.05) is 0 Å². The van der Waals surface area contributed by atoms with Crippen molar-refractivity contribution in [2.45, 2.75) is 43.9 Å². The Bertz CT molecular complexity index is 1460. The number of hydrogen-bond donors (Lipinski definition) is 3. The van der Waals surface area contributed by atoms with Crippen LogP contribution in [-0.2, 0) is 57.5 Å². The molecule has 50 heavy (non-hydrogen) atoms. The second-order valence-electron chi connectivity index (χ2n) is 11.3.